The summed E-state index contributed by atoms with van der Waals surface area (Å²) in [6, 6.07) is 7.74. The van der Waals surface area contributed by atoms with Crippen molar-refractivity contribution in [3.05, 3.63) is 34.9 Å². The maximum atomic E-state index is 9.88. The van der Waals surface area contributed by atoms with E-state index in [9.17, 15) is 5.11 Å². The van der Waals surface area contributed by atoms with Gasteiger partial charge in [-0.3, -0.25) is 0 Å². The van der Waals surface area contributed by atoms with E-state index >= 15 is 0 Å². The molecule has 0 aromatic heterocycles. The second-order valence-electron chi connectivity index (χ2n) is 4.40. The molecular formula is C14H23ClN2O. The first-order valence-electron chi connectivity index (χ1n) is 6.51. The molecule has 3 nitrogen and oxygen atoms in total. The standard InChI is InChI=1S/C14H23ClN2O/c1-3-17(4-2)11-14(18)10-16-9-12-5-7-13(15)8-6-12/h5-8,14,16,18H,3-4,9-11H2,1-2H3/t14-/m1/s1. The zero-order valence-corrected chi connectivity index (χ0v) is 12.0. The minimum absolute atomic E-state index is 0.322. The zero-order valence-electron chi connectivity index (χ0n) is 11.2. The normalized spacial score (nSPS) is 12.9. The van der Waals surface area contributed by atoms with E-state index < -0.39 is 0 Å². The lowest BCUT2D eigenvalue weighted by atomic mass is 10.2. The van der Waals surface area contributed by atoms with Crippen molar-refractivity contribution in [2.75, 3.05) is 26.2 Å². The molecule has 4 heteroatoms. The summed E-state index contributed by atoms with van der Waals surface area (Å²) >= 11 is 5.82. The molecule has 2 N–H and O–H groups in total. The van der Waals surface area contributed by atoms with Crippen LogP contribution in [0, 0.1) is 0 Å². The lowest BCUT2D eigenvalue weighted by Crippen LogP contribution is -2.38. The smallest absolute Gasteiger partial charge is 0.0791 e. The third-order valence-corrected chi connectivity index (χ3v) is 3.24. The lowest BCUT2D eigenvalue weighted by molar-refractivity contribution is 0.116. The topological polar surface area (TPSA) is 35.5 Å². The highest BCUT2D eigenvalue weighted by Crippen LogP contribution is 2.09. The number of nitrogens with zero attached hydrogens (tertiary/aromatic N) is 1. The first kappa shape index (κ1) is 15.4. The highest BCUT2D eigenvalue weighted by atomic mass is 35.5. The summed E-state index contributed by atoms with van der Waals surface area (Å²) in [4.78, 5) is 2.22. The molecule has 0 saturated carbocycles. The Bertz CT molecular complexity index is 325. The van der Waals surface area contributed by atoms with Crippen LogP contribution in [0.2, 0.25) is 5.02 Å². The Kier molecular flexibility index (Phi) is 7.28. The number of aliphatic hydroxyl groups excluding tert-OH is 1. The first-order chi connectivity index (χ1) is 8.65. The second-order valence-corrected chi connectivity index (χ2v) is 4.83. The van der Waals surface area contributed by atoms with E-state index in [0.717, 1.165) is 31.2 Å². The van der Waals surface area contributed by atoms with Crippen LogP contribution in [0.15, 0.2) is 24.3 Å². The van der Waals surface area contributed by atoms with Crippen molar-refractivity contribution >= 4 is 11.6 Å². The number of likely N-dealkylation sites (N-methyl/N-ethyl adjacent to an activating group) is 1. The molecule has 18 heavy (non-hydrogen) atoms. The van der Waals surface area contributed by atoms with Crippen LogP contribution in [0.5, 0.6) is 0 Å². The maximum absolute atomic E-state index is 9.88. The van der Waals surface area contributed by atoms with E-state index in [1.165, 1.54) is 5.56 Å². The van der Waals surface area contributed by atoms with E-state index in [4.69, 9.17) is 11.6 Å². The Morgan fingerprint density at radius 2 is 1.83 bits per heavy atom. The third kappa shape index (κ3) is 5.83. The number of hydrogen-bond donors (Lipinski definition) is 2. The van der Waals surface area contributed by atoms with Gasteiger partial charge in [-0.05, 0) is 30.8 Å². The highest BCUT2D eigenvalue weighted by Gasteiger charge is 2.08. The van der Waals surface area contributed by atoms with Crippen LogP contribution in [-0.2, 0) is 6.54 Å². The van der Waals surface area contributed by atoms with E-state index in [1.54, 1.807) is 0 Å². The van der Waals surface area contributed by atoms with Crippen molar-refractivity contribution < 1.29 is 5.11 Å². The molecule has 0 aliphatic carbocycles. The van der Waals surface area contributed by atoms with E-state index in [-0.39, 0.29) is 6.10 Å². The molecule has 0 fully saturated rings. The molecule has 0 saturated heterocycles. The molecule has 1 atom stereocenters. The molecule has 0 bridgehead atoms. The Morgan fingerprint density at radius 1 is 1.22 bits per heavy atom. The summed E-state index contributed by atoms with van der Waals surface area (Å²) < 4.78 is 0. The fraction of sp³-hybridized carbons (Fsp3) is 0.571. The van der Waals surface area contributed by atoms with Gasteiger partial charge in [0.2, 0.25) is 0 Å². The van der Waals surface area contributed by atoms with Crippen LogP contribution < -0.4 is 5.32 Å². The molecule has 0 spiro atoms. The Balaban J connectivity index is 2.22. The minimum atomic E-state index is -0.322. The summed E-state index contributed by atoms with van der Waals surface area (Å²) in [6.45, 7) is 8.26. The van der Waals surface area contributed by atoms with Crippen molar-refractivity contribution in [2.45, 2.75) is 26.5 Å². The highest BCUT2D eigenvalue weighted by molar-refractivity contribution is 6.30. The fourth-order valence-corrected chi connectivity index (χ4v) is 1.96. The van der Waals surface area contributed by atoms with E-state index in [2.05, 4.69) is 24.1 Å². The van der Waals surface area contributed by atoms with Gasteiger partial charge in [-0.1, -0.05) is 37.6 Å². The van der Waals surface area contributed by atoms with Crippen molar-refractivity contribution in [1.82, 2.24) is 10.2 Å². The van der Waals surface area contributed by atoms with Gasteiger partial charge in [-0.25, -0.2) is 0 Å². The molecule has 1 rings (SSSR count). The summed E-state index contributed by atoms with van der Waals surface area (Å²) in [5.74, 6) is 0. The predicted molar refractivity (Wildman–Crippen MR) is 77.0 cm³/mol. The summed E-state index contributed by atoms with van der Waals surface area (Å²) in [6.07, 6.45) is -0.322. The molecule has 0 aliphatic heterocycles. The molecule has 1 aromatic rings. The average molecular weight is 271 g/mol. The van der Waals surface area contributed by atoms with Gasteiger partial charge in [0.05, 0.1) is 6.10 Å². The van der Waals surface area contributed by atoms with Gasteiger partial charge in [-0.15, -0.1) is 0 Å². The number of aliphatic hydroxyl groups is 1. The first-order valence-corrected chi connectivity index (χ1v) is 6.89. The molecular weight excluding hydrogens is 248 g/mol. The molecule has 0 unspecified atom stereocenters. The number of nitrogens with one attached hydrogen (secondary N) is 1. The van der Waals surface area contributed by atoms with Crippen molar-refractivity contribution in [3.8, 4) is 0 Å². The average Bonchev–Trinajstić information content (AvgIpc) is 2.38. The number of halogens is 1. The lowest BCUT2D eigenvalue weighted by Gasteiger charge is -2.22. The Morgan fingerprint density at radius 3 is 2.39 bits per heavy atom. The van der Waals surface area contributed by atoms with Gasteiger partial charge < -0.3 is 15.3 Å². The molecule has 102 valence electrons. The Hall–Kier alpha value is -0.610. The van der Waals surface area contributed by atoms with Crippen molar-refractivity contribution in [3.63, 3.8) is 0 Å². The van der Waals surface area contributed by atoms with Crippen LogP contribution in [0.4, 0.5) is 0 Å². The van der Waals surface area contributed by atoms with Gasteiger partial charge >= 0.3 is 0 Å². The van der Waals surface area contributed by atoms with Crippen LogP contribution >= 0.6 is 11.6 Å². The summed E-state index contributed by atoms with van der Waals surface area (Å²) in [5, 5.41) is 13.9. The Labute approximate surface area is 115 Å². The summed E-state index contributed by atoms with van der Waals surface area (Å²) in [7, 11) is 0. The monoisotopic (exact) mass is 270 g/mol. The van der Waals surface area contributed by atoms with Gasteiger partial charge in [0.25, 0.3) is 0 Å². The third-order valence-electron chi connectivity index (χ3n) is 2.99. The number of rotatable bonds is 8. The fourth-order valence-electron chi connectivity index (χ4n) is 1.83. The van der Waals surface area contributed by atoms with Crippen LogP contribution in [0.25, 0.3) is 0 Å². The van der Waals surface area contributed by atoms with Gasteiger partial charge in [0, 0.05) is 24.7 Å². The van der Waals surface area contributed by atoms with Crippen LogP contribution in [0.3, 0.4) is 0 Å². The maximum Gasteiger partial charge on any atom is 0.0791 e. The second kappa shape index (κ2) is 8.48. The predicted octanol–water partition coefficient (Wildman–Crippen LogP) is 2.13. The molecule has 0 amide bonds. The van der Waals surface area contributed by atoms with Crippen molar-refractivity contribution in [2.24, 2.45) is 0 Å². The molecule has 0 heterocycles. The van der Waals surface area contributed by atoms with Gasteiger partial charge in [0.15, 0.2) is 0 Å². The largest absolute Gasteiger partial charge is 0.390 e. The SMILES string of the molecule is CCN(CC)C[C@H](O)CNCc1ccc(Cl)cc1. The zero-order chi connectivity index (χ0) is 13.4. The van der Waals surface area contributed by atoms with Gasteiger partial charge in [-0.2, -0.15) is 0 Å². The van der Waals surface area contributed by atoms with E-state index in [0.29, 0.717) is 6.54 Å². The molecule has 0 radical (unpaired) electrons. The van der Waals surface area contributed by atoms with E-state index in [1.807, 2.05) is 24.3 Å². The molecule has 1 aromatic carbocycles. The quantitative estimate of drug-likeness (QED) is 0.760. The van der Waals surface area contributed by atoms with Crippen molar-refractivity contribution in [1.29, 1.82) is 0 Å². The number of hydrogen-bond acceptors (Lipinski definition) is 3. The van der Waals surface area contributed by atoms with Crippen LogP contribution in [0.1, 0.15) is 19.4 Å². The van der Waals surface area contributed by atoms with Gasteiger partial charge in [0.1, 0.15) is 0 Å². The summed E-state index contributed by atoms with van der Waals surface area (Å²) in [5.41, 5.74) is 1.18. The molecule has 0 aliphatic rings. The minimum Gasteiger partial charge on any atom is -0.390 e. The number of benzene rings is 1. The van der Waals surface area contributed by atoms with Crippen LogP contribution in [-0.4, -0.2) is 42.3 Å².